The normalized spacial score (nSPS) is 20.2. The van der Waals surface area contributed by atoms with Crippen molar-refractivity contribution in [3.05, 3.63) is 110 Å². The predicted octanol–water partition coefficient (Wildman–Crippen LogP) is 3.91. The van der Waals surface area contributed by atoms with E-state index in [1.54, 1.807) is 55.5 Å². The third-order valence-electron chi connectivity index (χ3n) is 9.88. The fraction of sp³-hybridized carbons (Fsp3) is 0.289. The van der Waals surface area contributed by atoms with Crippen LogP contribution in [-0.4, -0.2) is 88.4 Å². The van der Waals surface area contributed by atoms with E-state index in [0.29, 0.717) is 32.9 Å². The van der Waals surface area contributed by atoms with Gasteiger partial charge in [-0.15, -0.1) is 0 Å². The lowest BCUT2D eigenvalue weighted by atomic mass is 9.87. The molecule has 0 radical (unpaired) electrons. The van der Waals surface area contributed by atoms with Crippen LogP contribution in [0.4, 0.5) is 11.4 Å². The number of aryl methyl sites for hydroxylation is 1. The van der Waals surface area contributed by atoms with E-state index in [4.69, 9.17) is 4.74 Å². The van der Waals surface area contributed by atoms with Gasteiger partial charge in [0.05, 0.1) is 23.0 Å². The van der Waals surface area contributed by atoms with E-state index in [9.17, 15) is 28.8 Å². The topological polar surface area (TPSA) is 163 Å². The molecule has 15 heteroatoms. The molecule has 3 aliphatic rings. The van der Waals surface area contributed by atoms with Crippen molar-refractivity contribution >= 4 is 56.8 Å². The average Bonchev–Trinajstić information content (AvgIpc) is 3.39. The Morgan fingerprint density at radius 3 is 2.34 bits per heavy atom. The summed E-state index contributed by atoms with van der Waals surface area (Å²) in [5.74, 6) is -1.53. The van der Waals surface area contributed by atoms with E-state index < -0.39 is 29.7 Å². The molecule has 3 aliphatic heterocycles. The zero-order chi connectivity index (χ0) is 37.6. The molecule has 1 aromatic heterocycles. The lowest BCUT2D eigenvalue weighted by Crippen LogP contribution is -2.54. The number of ether oxygens (including phenoxy) is 1. The van der Waals surface area contributed by atoms with Crippen molar-refractivity contribution in [1.82, 2.24) is 24.9 Å². The molecular formula is C38H36BrN7O7. The zero-order valence-electron chi connectivity index (χ0n) is 29.2. The number of nitrogens with zero attached hydrogens (tertiary/aromatic N) is 5. The number of benzene rings is 3. The predicted molar refractivity (Wildman–Crippen MR) is 198 cm³/mol. The number of imide groups is 2. The first-order valence-electron chi connectivity index (χ1n) is 17.1. The highest BCUT2D eigenvalue weighted by Gasteiger charge is 2.44. The van der Waals surface area contributed by atoms with E-state index in [1.807, 2.05) is 24.3 Å². The first-order valence-corrected chi connectivity index (χ1v) is 17.9. The average molecular weight is 783 g/mol. The highest BCUT2D eigenvalue weighted by Crippen LogP contribution is 2.33. The van der Waals surface area contributed by atoms with Crippen LogP contribution in [0.5, 0.6) is 11.5 Å². The molecule has 0 spiro atoms. The van der Waals surface area contributed by atoms with Crippen LogP contribution >= 0.6 is 15.9 Å². The Hall–Kier alpha value is -5.67. The second kappa shape index (κ2) is 14.4. The lowest BCUT2D eigenvalue weighted by molar-refractivity contribution is -0.136. The number of aromatic nitrogens is 2. The van der Waals surface area contributed by atoms with Crippen molar-refractivity contribution in [2.24, 2.45) is 7.05 Å². The monoisotopic (exact) mass is 781 g/mol. The van der Waals surface area contributed by atoms with Gasteiger partial charge in [0.15, 0.2) is 0 Å². The van der Waals surface area contributed by atoms with E-state index in [1.165, 1.54) is 16.8 Å². The maximum atomic E-state index is 13.5. The number of nitrogens with one attached hydrogen (secondary N) is 2. The molecule has 1 unspecified atom stereocenters. The molecule has 2 N–H and O–H groups in total. The van der Waals surface area contributed by atoms with E-state index in [2.05, 4.69) is 43.6 Å². The molecule has 0 bridgehead atoms. The van der Waals surface area contributed by atoms with Gasteiger partial charge in [-0.25, -0.2) is 4.68 Å². The Bertz CT molecular complexity index is 2210. The fourth-order valence-electron chi connectivity index (χ4n) is 7.09. The first kappa shape index (κ1) is 35.7. The number of hydrogen-bond donors (Lipinski definition) is 2. The number of likely N-dealkylation sites (tertiary alicyclic amines) is 1. The minimum atomic E-state index is -1.05. The maximum absolute atomic E-state index is 13.5. The second-order valence-corrected chi connectivity index (χ2v) is 14.3. The largest absolute Gasteiger partial charge is 0.457 e. The molecular weight excluding hydrogens is 746 g/mol. The van der Waals surface area contributed by atoms with Gasteiger partial charge in [-0.3, -0.25) is 39.0 Å². The lowest BCUT2D eigenvalue weighted by Gasteiger charge is -2.37. The van der Waals surface area contributed by atoms with Gasteiger partial charge in [-0.1, -0.05) is 12.1 Å². The van der Waals surface area contributed by atoms with Crippen molar-refractivity contribution in [1.29, 1.82) is 0 Å². The molecule has 14 nitrogen and oxygen atoms in total. The Labute approximate surface area is 312 Å². The molecule has 3 atom stereocenters. The number of amides is 5. The van der Waals surface area contributed by atoms with Crippen LogP contribution in [0.25, 0.3) is 0 Å². The zero-order valence-corrected chi connectivity index (χ0v) is 30.8. The smallest absolute Gasteiger partial charge is 0.282 e. The van der Waals surface area contributed by atoms with Crippen LogP contribution in [0.1, 0.15) is 61.8 Å². The van der Waals surface area contributed by atoms with Crippen LogP contribution in [0.2, 0.25) is 0 Å². The number of piperidine rings is 2. The fourth-order valence-corrected chi connectivity index (χ4v) is 7.57. The summed E-state index contributed by atoms with van der Waals surface area (Å²) < 4.78 is 7.71. The highest BCUT2D eigenvalue weighted by molar-refractivity contribution is 9.10. The molecule has 272 valence electrons. The Morgan fingerprint density at radius 2 is 1.62 bits per heavy atom. The molecule has 53 heavy (non-hydrogen) atoms. The third-order valence-corrected chi connectivity index (χ3v) is 10.6. The molecule has 2 fully saturated rings. The van der Waals surface area contributed by atoms with Gasteiger partial charge < -0.3 is 19.9 Å². The molecule has 3 aromatic carbocycles. The summed E-state index contributed by atoms with van der Waals surface area (Å²) in [6.45, 7) is 1.67. The minimum absolute atomic E-state index is 0.0391. The molecule has 5 amide bonds. The van der Waals surface area contributed by atoms with Crippen LogP contribution in [0, 0.1) is 0 Å². The molecule has 4 heterocycles. The summed E-state index contributed by atoms with van der Waals surface area (Å²) in [6, 6.07) is 18.1. The van der Waals surface area contributed by atoms with Crippen molar-refractivity contribution < 1.29 is 28.7 Å². The summed E-state index contributed by atoms with van der Waals surface area (Å²) in [7, 11) is 5.37. The van der Waals surface area contributed by atoms with Gasteiger partial charge in [0, 0.05) is 50.9 Å². The number of fused-ring (bicyclic) bond motifs is 1. The van der Waals surface area contributed by atoms with Crippen LogP contribution in [-0.2, 0) is 16.6 Å². The number of anilines is 2. The summed E-state index contributed by atoms with van der Waals surface area (Å²) in [6.07, 6.45) is 2.60. The summed E-state index contributed by atoms with van der Waals surface area (Å²) in [4.78, 5) is 80.6. The molecule has 4 aromatic rings. The standard InChI is InChI=1S/C38H36BrN7O7/c1-43-19-23(16-24(20-43)41-30-18-40-45(3)38(52)33(30)39)21-4-6-22(7-5-21)35(49)44(2)25-8-10-26(11-9-25)53-27-12-13-28-29(17-27)37(51)46(36(28)50)31-14-15-32(47)42-34(31)48/h4-13,17-18,23-24,31,41H,14-16,19-20H2,1-3H3,(H,42,47,48)/t23-,24+,31?/m1/s1. The van der Waals surface area contributed by atoms with Gasteiger partial charge in [0.25, 0.3) is 23.3 Å². The van der Waals surface area contributed by atoms with Crippen molar-refractivity contribution in [2.75, 3.05) is 37.4 Å². The van der Waals surface area contributed by atoms with Crippen LogP contribution < -0.4 is 25.8 Å². The van der Waals surface area contributed by atoms with Gasteiger partial charge >= 0.3 is 0 Å². The van der Waals surface area contributed by atoms with Crippen LogP contribution in [0.3, 0.4) is 0 Å². The number of hydrogen-bond acceptors (Lipinski definition) is 10. The number of likely N-dealkylation sites (N-methyl/N-ethyl adjacent to an activating group) is 1. The van der Waals surface area contributed by atoms with Crippen molar-refractivity contribution in [3.8, 4) is 11.5 Å². The van der Waals surface area contributed by atoms with E-state index >= 15 is 0 Å². The molecule has 0 aliphatic carbocycles. The van der Waals surface area contributed by atoms with Crippen molar-refractivity contribution in [2.45, 2.75) is 37.3 Å². The second-order valence-electron chi connectivity index (χ2n) is 13.5. The van der Waals surface area contributed by atoms with Gasteiger partial charge in [-0.2, -0.15) is 5.10 Å². The van der Waals surface area contributed by atoms with E-state index in [0.717, 1.165) is 30.0 Å². The van der Waals surface area contributed by atoms with Gasteiger partial charge in [0.1, 0.15) is 22.0 Å². The third kappa shape index (κ3) is 7.09. The SMILES string of the molecule is CN1C[C@@H](Nc2cnn(C)c(=O)c2Br)C[C@@H](c2ccc(C(=O)N(C)c3ccc(Oc4ccc5c(c4)C(=O)N(C4CCC(=O)NC4=O)C5=O)cc3)cc2)C1. The van der Waals surface area contributed by atoms with E-state index in [-0.39, 0.29) is 47.4 Å². The number of rotatable bonds is 8. The molecule has 2 saturated heterocycles. The van der Waals surface area contributed by atoms with Crippen LogP contribution in [0.15, 0.2) is 82.2 Å². The molecule has 0 saturated carbocycles. The summed E-state index contributed by atoms with van der Waals surface area (Å²) in [5, 5.41) is 9.80. The number of carbonyl (C=O) groups is 5. The number of halogens is 1. The number of carbonyl (C=O) groups excluding carboxylic acids is 5. The summed E-state index contributed by atoms with van der Waals surface area (Å²) >= 11 is 3.40. The Balaban J connectivity index is 0.975. The maximum Gasteiger partial charge on any atom is 0.282 e. The van der Waals surface area contributed by atoms with Gasteiger partial charge in [-0.05, 0) is 102 Å². The van der Waals surface area contributed by atoms with Crippen molar-refractivity contribution in [3.63, 3.8) is 0 Å². The Morgan fingerprint density at radius 1 is 0.925 bits per heavy atom. The minimum Gasteiger partial charge on any atom is -0.457 e. The summed E-state index contributed by atoms with van der Waals surface area (Å²) in [5.41, 5.74) is 3.02. The molecule has 7 rings (SSSR count). The quantitative estimate of drug-likeness (QED) is 0.251. The highest BCUT2D eigenvalue weighted by atomic mass is 79.9. The van der Waals surface area contributed by atoms with Gasteiger partial charge in [0.2, 0.25) is 11.8 Å². The first-order chi connectivity index (χ1) is 25.4. The Kier molecular flexibility index (Phi) is 9.70.